The third-order valence-corrected chi connectivity index (χ3v) is 6.57. The summed E-state index contributed by atoms with van der Waals surface area (Å²) in [5.74, 6) is -1.78. The molecule has 39 heavy (non-hydrogen) atoms. The van der Waals surface area contributed by atoms with Crippen LogP contribution in [-0.2, 0) is 14.3 Å². The first-order valence-corrected chi connectivity index (χ1v) is 12.6. The Hall–Kier alpha value is -4.88. The van der Waals surface area contributed by atoms with Crippen LogP contribution in [0.2, 0.25) is 5.15 Å². The third-order valence-electron chi connectivity index (χ3n) is 6.28. The van der Waals surface area contributed by atoms with Gasteiger partial charge in [-0.3, -0.25) is 15.6 Å². The molecule has 0 bridgehead atoms. The average molecular weight is 537 g/mol. The zero-order chi connectivity index (χ0) is 27.2. The molecule has 1 aliphatic heterocycles. The van der Waals surface area contributed by atoms with Gasteiger partial charge in [-0.1, -0.05) is 90.5 Å². The van der Waals surface area contributed by atoms with Crippen molar-refractivity contribution >= 4 is 40.5 Å². The van der Waals surface area contributed by atoms with Crippen molar-refractivity contribution < 1.29 is 14.3 Å². The van der Waals surface area contributed by atoms with Crippen molar-refractivity contribution in [3.8, 4) is 0 Å². The highest BCUT2D eigenvalue weighted by molar-refractivity contribution is 6.32. The van der Waals surface area contributed by atoms with Gasteiger partial charge in [-0.15, -0.1) is 0 Å². The number of para-hydroxylation sites is 1. The monoisotopic (exact) mass is 536 g/mol. The number of halogens is 1. The van der Waals surface area contributed by atoms with E-state index in [0.717, 1.165) is 11.1 Å². The van der Waals surface area contributed by atoms with Crippen LogP contribution in [0.5, 0.6) is 0 Å². The number of hydrazine groups is 1. The Balaban J connectivity index is 1.75. The van der Waals surface area contributed by atoms with Gasteiger partial charge < -0.3 is 9.64 Å². The SMILES string of the molecule is COC(=O)C1=C(C(=O)NNc2ccccc2)N(c2cccnc2Cl)C(c2ccccc2)=CC1c1ccccc1. The van der Waals surface area contributed by atoms with E-state index in [2.05, 4.69) is 15.8 Å². The highest BCUT2D eigenvalue weighted by Crippen LogP contribution is 2.44. The molecular formula is C31H25ClN4O3. The quantitative estimate of drug-likeness (QED) is 0.172. The number of benzene rings is 3. The number of hydrogen-bond donors (Lipinski definition) is 2. The number of hydrogen-bond acceptors (Lipinski definition) is 6. The van der Waals surface area contributed by atoms with Gasteiger partial charge in [-0.25, -0.2) is 9.78 Å². The molecule has 0 radical (unpaired) electrons. The fourth-order valence-corrected chi connectivity index (χ4v) is 4.73. The van der Waals surface area contributed by atoms with E-state index in [-0.39, 0.29) is 16.4 Å². The zero-order valence-electron chi connectivity index (χ0n) is 21.0. The molecule has 4 aromatic rings. The predicted octanol–water partition coefficient (Wildman–Crippen LogP) is 5.95. The van der Waals surface area contributed by atoms with Gasteiger partial charge in [0.2, 0.25) is 0 Å². The molecule has 7 nitrogen and oxygen atoms in total. The van der Waals surface area contributed by atoms with Gasteiger partial charge in [0.05, 0.1) is 29.8 Å². The Labute approximate surface area is 231 Å². The number of esters is 1. The molecule has 1 aromatic heterocycles. The maximum atomic E-state index is 14.1. The Kier molecular flexibility index (Phi) is 7.70. The molecule has 0 saturated heterocycles. The van der Waals surface area contributed by atoms with Gasteiger partial charge in [-0.2, -0.15) is 0 Å². The fraction of sp³-hybridized carbons (Fsp3) is 0.0645. The summed E-state index contributed by atoms with van der Waals surface area (Å²) >= 11 is 6.60. The molecule has 2 N–H and O–H groups in total. The molecule has 1 aliphatic rings. The Bertz CT molecular complexity index is 1540. The molecule has 194 valence electrons. The number of pyridine rings is 1. The summed E-state index contributed by atoms with van der Waals surface area (Å²) in [7, 11) is 1.30. The summed E-state index contributed by atoms with van der Waals surface area (Å²) in [5.41, 5.74) is 9.34. The minimum Gasteiger partial charge on any atom is -0.466 e. The minimum absolute atomic E-state index is 0.0652. The van der Waals surface area contributed by atoms with Gasteiger partial charge in [-0.05, 0) is 41.5 Å². The first-order valence-electron chi connectivity index (χ1n) is 12.2. The topological polar surface area (TPSA) is 83.6 Å². The van der Waals surface area contributed by atoms with Gasteiger partial charge >= 0.3 is 5.97 Å². The average Bonchev–Trinajstić information content (AvgIpc) is 3.00. The number of ether oxygens (including phenoxy) is 1. The number of nitrogens with one attached hydrogen (secondary N) is 2. The highest BCUT2D eigenvalue weighted by atomic mass is 35.5. The lowest BCUT2D eigenvalue weighted by Gasteiger charge is -2.37. The summed E-state index contributed by atoms with van der Waals surface area (Å²) in [6.45, 7) is 0. The van der Waals surface area contributed by atoms with Crippen molar-refractivity contribution in [1.29, 1.82) is 0 Å². The normalized spacial score (nSPS) is 14.9. The van der Waals surface area contributed by atoms with Crippen molar-refractivity contribution in [1.82, 2.24) is 10.4 Å². The lowest BCUT2D eigenvalue weighted by Crippen LogP contribution is -2.42. The van der Waals surface area contributed by atoms with E-state index in [4.69, 9.17) is 16.3 Å². The Morgan fingerprint density at radius 2 is 1.51 bits per heavy atom. The molecule has 1 atom stereocenters. The van der Waals surface area contributed by atoms with Crippen LogP contribution in [0.15, 0.2) is 127 Å². The van der Waals surface area contributed by atoms with Crippen LogP contribution >= 0.6 is 11.6 Å². The molecule has 0 saturated carbocycles. The van der Waals surface area contributed by atoms with E-state index in [1.807, 2.05) is 97.1 Å². The Morgan fingerprint density at radius 3 is 2.15 bits per heavy atom. The van der Waals surface area contributed by atoms with E-state index in [1.165, 1.54) is 7.11 Å². The molecule has 3 aromatic carbocycles. The fourth-order valence-electron chi connectivity index (χ4n) is 4.52. The predicted molar refractivity (Wildman–Crippen MR) is 153 cm³/mol. The second-order valence-corrected chi connectivity index (χ2v) is 9.01. The number of methoxy groups -OCH3 is 1. The molecule has 1 amide bonds. The smallest absolute Gasteiger partial charge is 0.337 e. The number of carbonyl (C=O) groups is 2. The summed E-state index contributed by atoms with van der Waals surface area (Å²) in [5, 5.41) is 0.169. The van der Waals surface area contributed by atoms with Crippen molar-refractivity contribution in [2.75, 3.05) is 17.4 Å². The zero-order valence-corrected chi connectivity index (χ0v) is 21.8. The van der Waals surface area contributed by atoms with Crippen LogP contribution in [0.1, 0.15) is 17.0 Å². The van der Waals surface area contributed by atoms with Crippen LogP contribution in [0.3, 0.4) is 0 Å². The third kappa shape index (κ3) is 5.39. The largest absolute Gasteiger partial charge is 0.466 e. The Morgan fingerprint density at radius 1 is 0.872 bits per heavy atom. The lowest BCUT2D eigenvalue weighted by molar-refractivity contribution is -0.136. The molecule has 0 spiro atoms. The number of allylic oxidation sites excluding steroid dienone is 1. The van der Waals surface area contributed by atoms with Crippen molar-refractivity contribution in [3.63, 3.8) is 0 Å². The first kappa shape index (κ1) is 25.8. The molecule has 2 heterocycles. The molecule has 1 unspecified atom stereocenters. The van der Waals surface area contributed by atoms with Gasteiger partial charge in [0.1, 0.15) is 5.70 Å². The molecule has 5 rings (SSSR count). The van der Waals surface area contributed by atoms with Crippen LogP contribution in [0.4, 0.5) is 11.4 Å². The molecule has 8 heteroatoms. The first-order chi connectivity index (χ1) is 19.1. The number of aromatic nitrogens is 1. The van der Waals surface area contributed by atoms with E-state index < -0.39 is 17.8 Å². The number of anilines is 2. The minimum atomic E-state index is -0.637. The van der Waals surface area contributed by atoms with Gasteiger partial charge in [0.25, 0.3) is 5.91 Å². The number of amides is 1. The van der Waals surface area contributed by atoms with E-state index >= 15 is 0 Å². The summed E-state index contributed by atoms with van der Waals surface area (Å²) < 4.78 is 5.24. The number of rotatable bonds is 7. The van der Waals surface area contributed by atoms with Crippen molar-refractivity contribution in [3.05, 3.63) is 143 Å². The van der Waals surface area contributed by atoms with Crippen molar-refractivity contribution in [2.45, 2.75) is 5.92 Å². The van der Waals surface area contributed by atoms with Crippen LogP contribution in [-0.4, -0.2) is 24.0 Å². The number of nitrogens with zero attached hydrogens (tertiary/aromatic N) is 2. The highest BCUT2D eigenvalue weighted by Gasteiger charge is 2.39. The molecule has 0 fully saturated rings. The number of carbonyl (C=O) groups excluding carboxylic acids is 2. The second-order valence-electron chi connectivity index (χ2n) is 8.65. The van der Waals surface area contributed by atoms with Gasteiger partial charge in [0.15, 0.2) is 5.15 Å². The summed E-state index contributed by atoms with van der Waals surface area (Å²) in [6.07, 6.45) is 3.51. The van der Waals surface area contributed by atoms with Crippen LogP contribution in [0.25, 0.3) is 5.70 Å². The molecular weight excluding hydrogens is 512 g/mol. The van der Waals surface area contributed by atoms with E-state index in [1.54, 1.807) is 23.2 Å². The van der Waals surface area contributed by atoms with Crippen molar-refractivity contribution in [2.24, 2.45) is 0 Å². The molecule has 0 aliphatic carbocycles. The second kappa shape index (κ2) is 11.7. The van der Waals surface area contributed by atoms with Crippen LogP contribution in [0, 0.1) is 0 Å². The van der Waals surface area contributed by atoms with Gasteiger partial charge in [0, 0.05) is 12.1 Å². The van der Waals surface area contributed by atoms with E-state index in [0.29, 0.717) is 17.1 Å². The maximum Gasteiger partial charge on any atom is 0.337 e. The summed E-state index contributed by atoms with van der Waals surface area (Å²) in [6, 6.07) is 31.8. The standard InChI is InChI=1S/C31H25ClN4O3/c1-39-31(38)27-24(21-12-5-2-6-13-21)20-26(22-14-7-3-8-15-22)36(25-18-11-19-33-29(25)32)28(27)30(37)35-34-23-16-9-4-10-17-23/h2-20,24,34H,1H3,(H,35,37). The van der Waals surface area contributed by atoms with Crippen LogP contribution < -0.4 is 15.8 Å². The van der Waals surface area contributed by atoms with E-state index in [9.17, 15) is 9.59 Å². The summed E-state index contributed by atoms with van der Waals surface area (Å²) in [4.78, 5) is 33.5. The lowest BCUT2D eigenvalue weighted by atomic mass is 9.84. The maximum absolute atomic E-state index is 14.1.